The highest BCUT2D eigenvalue weighted by Gasteiger charge is 2.40. The molecule has 0 fully saturated rings. The summed E-state index contributed by atoms with van der Waals surface area (Å²) in [5.74, 6) is -2.48. The molecule has 0 amide bonds. The molecular weight excluding hydrogens is 457 g/mol. The van der Waals surface area contributed by atoms with Crippen LogP contribution in [-0.4, -0.2) is 28.7 Å². The predicted molar refractivity (Wildman–Crippen MR) is 120 cm³/mol. The zero-order valence-corrected chi connectivity index (χ0v) is 18.8. The number of aliphatic carboxylic acids is 1. The van der Waals surface area contributed by atoms with Crippen LogP contribution in [0.5, 0.6) is 5.75 Å². The Morgan fingerprint density at radius 3 is 2.36 bits per heavy atom. The number of fused-ring (bicyclic) bond motifs is 1. The van der Waals surface area contributed by atoms with Crippen molar-refractivity contribution < 1.29 is 37.0 Å². The van der Waals surface area contributed by atoms with Crippen LogP contribution in [-0.2, 0) is 11.0 Å². The summed E-state index contributed by atoms with van der Waals surface area (Å²) in [4.78, 5) is 24.7. The van der Waals surface area contributed by atoms with E-state index in [1.54, 1.807) is 31.4 Å². The van der Waals surface area contributed by atoms with E-state index in [-0.39, 0.29) is 17.4 Å². The highest BCUT2D eigenvalue weighted by atomic mass is 32.2. The molecule has 1 heterocycles. The minimum atomic E-state index is -4.76. The van der Waals surface area contributed by atoms with Gasteiger partial charge in [-0.3, -0.25) is 4.79 Å². The Bertz CT molecular complexity index is 1210. The van der Waals surface area contributed by atoms with Gasteiger partial charge < -0.3 is 14.3 Å². The third-order valence-corrected chi connectivity index (χ3v) is 5.91. The van der Waals surface area contributed by atoms with E-state index in [9.17, 15) is 27.9 Å². The van der Waals surface area contributed by atoms with Crippen LogP contribution in [0.1, 0.15) is 41.9 Å². The Morgan fingerprint density at radius 2 is 1.82 bits per heavy atom. The Balaban J connectivity index is 1.87. The van der Waals surface area contributed by atoms with Crippen molar-refractivity contribution in [3.8, 4) is 5.75 Å². The summed E-state index contributed by atoms with van der Waals surface area (Å²) >= 11 is 1.35. The lowest BCUT2D eigenvalue weighted by Crippen LogP contribution is -2.40. The summed E-state index contributed by atoms with van der Waals surface area (Å²) in [5, 5.41) is 9.13. The van der Waals surface area contributed by atoms with Crippen LogP contribution in [0.15, 0.2) is 57.9 Å². The number of thioether (sulfide) groups is 1. The molecule has 1 N–H and O–H groups in total. The molecule has 0 bridgehead atoms. The molecule has 33 heavy (non-hydrogen) atoms. The van der Waals surface area contributed by atoms with Gasteiger partial charge in [0.15, 0.2) is 5.76 Å². The molecule has 1 unspecified atom stereocenters. The summed E-state index contributed by atoms with van der Waals surface area (Å²) in [5.41, 5.74) is -1.99. The van der Waals surface area contributed by atoms with Crippen molar-refractivity contribution in [1.82, 2.24) is 0 Å². The smallest absolute Gasteiger partial charge is 0.420 e. The van der Waals surface area contributed by atoms with Crippen LogP contribution >= 0.6 is 11.8 Å². The van der Waals surface area contributed by atoms with E-state index in [2.05, 4.69) is 0 Å². The van der Waals surface area contributed by atoms with Crippen molar-refractivity contribution in [2.75, 3.05) is 6.26 Å². The van der Waals surface area contributed by atoms with Crippen LogP contribution in [0.3, 0.4) is 0 Å². The fourth-order valence-electron chi connectivity index (χ4n) is 3.08. The molecule has 0 aliphatic rings. The van der Waals surface area contributed by atoms with Gasteiger partial charge >= 0.3 is 12.1 Å². The first-order chi connectivity index (χ1) is 15.5. The molecule has 5 nitrogen and oxygen atoms in total. The number of carboxylic acid groups (broad SMARTS) is 1. The number of benzene rings is 2. The van der Waals surface area contributed by atoms with E-state index >= 15 is 0 Å². The summed E-state index contributed by atoms with van der Waals surface area (Å²) in [6, 6.07) is 10.5. The number of halogens is 3. The first kappa shape index (κ1) is 24.4. The monoisotopic (exact) mass is 478 g/mol. The van der Waals surface area contributed by atoms with Crippen LogP contribution < -0.4 is 4.74 Å². The van der Waals surface area contributed by atoms with Crippen LogP contribution in [0.4, 0.5) is 13.2 Å². The Kier molecular flexibility index (Phi) is 6.92. The van der Waals surface area contributed by atoms with E-state index in [0.29, 0.717) is 16.2 Å². The normalized spacial score (nSPS) is 13.9. The Morgan fingerprint density at radius 1 is 1.15 bits per heavy atom. The van der Waals surface area contributed by atoms with Crippen molar-refractivity contribution in [2.45, 2.75) is 36.9 Å². The fraction of sp³-hybridized carbons (Fsp3) is 0.250. The van der Waals surface area contributed by atoms with Crippen molar-refractivity contribution in [1.29, 1.82) is 0 Å². The fourth-order valence-corrected chi connectivity index (χ4v) is 3.51. The number of allylic oxidation sites excluding steroid dienone is 1. The second-order valence-electron chi connectivity index (χ2n) is 7.42. The highest BCUT2D eigenvalue weighted by molar-refractivity contribution is 7.98. The molecule has 1 atom stereocenters. The Labute approximate surface area is 192 Å². The van der Waals surface area contributed by atoms with E-state index in [1.165, 1.54) is 49.0 Å². The average molecular weight is 478 g/mol. The number of ketones is 1. The number of carbonyl (C=O) groups excluding carboxylic acids is 1. The number of rotatable bonds is 8. The Hall–Kier alpha value is -3.20. The molecule has 0 aliphatic carbocycles. The molecule has 0 saturated heterocycles. The zero-order chi connectivity index (χ0) is 24.4. The van der Waals surface area contributed by atoms with Crippen LogP contribution in [0, 0.1) is 0 Å². The molecule has 3 rings (SSSR count). The van der Waals surface area contributed by atoms with Crippen LogP contribution in [0.25, 0.3) is 17.0 Å². The zero-order valence-electron chi connectivity index (χ0n) is 18.0. The van der Waals surface area contributed by atoms with Crippen molar-refractivity contribution >= 4 is 40.6 Å². The van der Waals surface area contributed by atoms with Gasteiger partial charge in [0.25, 0.3) is 0 Å². The van der Waals surface area contributed by atoms with Crippen LogP contribution in [0.2, 0.25) is 0 Å². The average Bonchev–Trinajstić information content (AvgIpc) is 3.17. The topological polar surface area (TPSA) is 76.7 Å². The maximum atomic E-state index is 13.7. The third kappa shape index (κ3) is 5.24. The number of ether oxygens (including phenoxy) is 1. The van der Waals surface area contributed by atoms with Gasteiger partial charge in [-0.05, 0) is 61.6 Å². The minimum absolute atomic E-state index is 0.00942. The van der Waals surface area contributed by atoms with Gasteiger partial charge in [-0.1, -0.05) is 25.1 Å². The van der Waals surface area contributed by atoms with E-state index in [4.69, 9.17) is 9.15 Å². The molecule has 0 radical (unpaired) electrons. The summed E-state index contributed by atoms with van der Waals surface area (Å²) in [7, 11) is 0. The maximum absolute atomic E-state index is 13.7. The lowest BCUT2D eigenvalue weighted by molar-refractivity contribution is -0.154. The second kappa shape index (κ2) is 9.35. The van der Waals surface area contributed by atoms with Gasteiger partial charge in [0.2, 0.25) is 11.4 Å². The van der Waals surface area contributed by atoms with Gasteiger partial charge in [0.05, 0.1) is 0 Å². The lowest BCUT2D eigenvalue weighted by Gasteiger charge is -2.24. The van der Waals surface area contributed by atoms with Gasteiger partial charge in [-0.2, -0.15) is 13.2 Å². The number of hydrogen-bond donors (Lipinski definition) is 1. The van der Waals surface area contributed by atoms with E-state index in [0.717, 1.165) is 6.08 Å². The van der Waals surface area contributed by atoms with Gasteiger partial charge in [-0.15, -0.1) is 11.8 Å². The van der Waals surface area contributed by atoms with Gasteiger partial charge in [0.1, 0.15) is 16.9 Å². The molecular formula is C24H21F3O5S. The molecule has 9 heteroatoms. The quantitative estimate of drug-likeness (QED) is 0.221. The predicted octanol–water partition coefficient (Wildman–Crippen LogP) is 6.70. The number of furan rings is 1. The molecule has 0 saturated carbocycles. The molecule has 2 aromatic carbocycles. The van der Waals surface area contributed by atoms with Crippen molar-refractivity contribution in [2.24, 2.45) is 0 Å². The van der Waals surface area contributed by atoms with E-state index in [1.807, 2.05) is 0 Å². The number of alkyl halides is 3. The maximum Gasteiger partial charge on any atom is 0.420 e. The summed E-state index contributed by atoms with van der Waals surface area (Å²) < 4.78 is 51.9. The highest BCUT2D eigenvalue weighted by Crippen LogP contribution is 2.40. The lowest BCUT2D eigenvalue weighted by atomic mass is 10.0. The molecule has 0 aliphatic heterocycles. The SMILES string of the molecule is CCC(C)(Oc1ccc(C=CC(=O)c2oc3cc(SC)ccc3c2C(F)(F)F)cc1)C(=O)O. The third-order valence-electron chi connectivity index (χ3n) is 5.18. The molecule has 174 valence electrons. The largest absolute Gasteiger partial charge is 0.478 e. The second-order valence-corrected chi connectivity index (χ2v) is 8.30. The van der Waals surface area contributed by atoms with Gasteiger partial charge in [-0.25, -0.2) is 4.79 Å². The first-order valence-electron chi connectivity index (χ1n) is 9.91. The summed E-state index contributed by atoms with van der Waals surface area (Å²) in [6.45, 7) is 3.14. The minimum Gasteiger partial charge on any atom is -0.478 e. The van der Waals surface area contributed by atoms with Crippen molar-refractivity contribution in [3.05, 3.63) is 65.4 Å². The summed E-state index contributed by atoms with van der Waals surface area (Å²) in [6.07, 6.45) is -0.380. The number of hydrogen-bond acceptors (Lipinski definition) is 5. The molecule has 1 aromatic heterocycles. The molecule has 3 aromatic rings. The van der Waals surface area contributed by atoms with E-state index < -0.39 is 34.9 Å². The first-order valence-corrected chi connectivity index (χ1v) is 11.1. The molecule has 0 spiro atoms. The standard InChI is InChI=1S/C24H21F3O5S/c1-4-23(2,22(29)30)32-15-8-5-14(6-9-15)7-12-18(28)21-20(24(25,26)27)17-11-10-16(33-3)13-19(17)31-21/h5-13H,4H2,1-3H3,(H,29,30). The number of carboxylic acids is 1. The number of carbonyl (C=O) groups is 2. The van der Waals surface area contributed by atoms with Gasteiger partial charge in [0, 0.05) is 10.3 Å². The van der Waals surface area contributed by atoms with Crippen molar-refractivity contribution in [3.63, 3.8) is 0 Å².